The van der Waals surface area contributed by atoms with Crippen molar-refractivity contribution in [3.63, 3.8) is 0 Å². The van der Waals surface area contributed by atoms with Crippen molar-refractivity contribution in [2.24, 2.45) is 0 Å². The number of hydrogen-bond donors (Lipinski definition) is 0. The summed E-state index contributed by atoms with van der Waals surface area (Å²) in [5.41, 5.74) is 4.76. The summed E-state index contributed by atoms with van der Waals surface area (Å²) in [6, 6.07) is 9.57. The number of benzene rings is 1. The monoisotopic (exact) mass is 264 g/mol. The summed E-state index contributed by atoms with van der Waals surface area (Å²) in [4.78, 5) is 0. The van der Waals surface area contributed by atoms with Crippen LogP contribution in [0.1, 0.15) is 16.7 Å². The SMILES string of the molecule is Cc1c(C[Si](C)(C)C)cccc1C[Si](C)(C)C. The van der Waals surface area contributed by atoms with Crippen LogP contribution in [-0.2, 0) is 12.1 Å². The highest BCUT2D eigenvalue weighted by Gasteiger charge is 2.19. The third-order valence-electron chi connectivity index (χ3n) is 3.00. The van der Waals surface area contributed by atoms with Gasteiger partial charge in [0.25, 0.3) is 0 Å². The molecule has 0 aromatic heterocycles. The molecule has 0 amide bonds. The Kier molecular flexibility index (Phi) is 4.42. The van der Waals surface area contributed by atoms with Gasteiger partial charge in [0.05, 0.1) is 0 Å². The first-order valence-corrected chi connectivity index (χ1v) is 14.1. The van der Waals surface area contributed by atoms with Gasteiger partial charge in [-0.15, -0.1) is 0 Å². The Labute approximate surface area is 109 Å². The van der Waals surface area contributed by atoms with E-state index in [0.29, 0.717) is 0 Å². The van der Waals surface area contributed by atoms with Crippen LogP contribution in [0.4, 0.5) is 0 Å². The molecule has 0 nitrogen and oxygen atoms in total. The van der Waals surface area contributed by atoms with E-state index in [9.17, 15) is 0 Å². The van der Waals surface area contributed by atoms with Gasteiger partial charge >= 0.3 is 0 Å². The molecule has 1 rings (SSSR count). The van der Waals surface area contributed by atoms with Crippen LogP contribution in [0.5, 0.6) is 0 Å². The molecule has 0 spiro atoms. The van der Waals surface area contributed by atoms with Gasteiger partial charge in [0, 0.05) is 16.1 Å². The lowest BCUT2D eigenvalue weighted by Gasteiger charge is -2.22. The third kappa shape index (κ3) is 5.22. The molecule has 0 N–H and O–H groups in total. The van der Waals surface area contributed by atoms with Crippen molar-refractivity contribution < 1.29 is 0 Å². The van der Waals surface area contributed by atoms with Crippen LogP contribution >= 0.6 is 0 Å². The molecule has 0 saturated heterocycles. The molecule has 0 unspecified atom stereocenters. The van der Waals surface area contributed by atoms with Crippen molar-refractivity contribution in [3.8, 4) is 0 Å². The normalized spacial score (nSPS) is 12.9. The molecule has 0 heterocycles. The predicted octanol–water partition coefficient (Wildman–Crippen LogP) is 4.83. The average molecular weight is 265 g/mol. The van der Waals surface area contributed by atoms with Gasteiger partial charge in [-0.3, -0.25) is 0 Å². The molecule has 96 valence electrons. The maximum Gasteiger partial charge on any atom is 0.0487 e. The summed E-state index contributed by atoms with van der Waals surface area (Å²) in [5.74, 6) is 0. The molecule has 0 aliphatic rings. The summed E-state index contributed by atoms with van der Waals surface area (Å²) in [6.07, 6.45) is 0. The Morgan fingerprint density at radius 1 is 0.765 bits per heavy atom. The topological polar surface area (TPSA) is 0 Å². The highest BCUT2D eigenvalue weighted by atomic mass is 28.3. The highest BCUT2D eigenvalue weighted by Crippen LogP contribution is 2.22. The lowest BCUT2D eigenvalue weighted by molar-refractivity contribution is 1.17. The van der Waals surface area contributed by atoms with E-state index < -0.39 is 16.1 Å². The molecule has 0 bridgehead atoms. The lowest BCUT2D eigenvalue weighted by atomic mass is 10.0. The minimum atomic E-state index is -1.000. The molecule has 0 atom stereocenters. The second-order valence-corrected chi connectivity index (χ2v) is 18.6. The Morgan fingerprint density at radius 3 is 1.41 bits per heavy atom. The third-order valence-corrected chi connectivity index (χ3v) is 5.88. The van der Waals surface area contributed by atoms with E-state index in [1.165, 1.54) is 12.1 Å². The first-order valence-electron chi connectivity index (χ1n) is 6.66. The van der Waals surface area contributed by atoms with Crippen molar-refractivity contribution in [2.75, 3.05) is 0 Å². The fraction of sp³-hybridized carbons (Fsp3) is 0.600. The van der Waals surface area contributed by atoms with Crippen LogP contribution in [0.3, 0.4) is 0 Å². The van der Waals surface area contributed by atoms with E-state index in [-0.39, 0.29) is 0 Å². The number of hydrogen-bond acceptors (Lipinski definition) is 0. The van der Waals surface area contributed by atoms with Crippen LogP contribution < -0.4 is 0 Å². The Morgan fingerprint density at radius 2 is 1.12 bits per heavy atom. The van der Waals surface area contributed by atoms with Gasteiger partial charge in [-0.25, -0.2) is 0 Å². The fourth-order valence-corrected chi connectivity index (χ4v) is 5.31. The van der Waals surface area contributed by atoms with E-state index in [4.69, 9.17) is 0 Å². The first kappa shape index (κ1) is 14.7. The average Bonchev–Trinajstić information content (AvgIpc) is 2.07. The van der Waals surface area contributed by atoms with E-state index in [0.717, 1.165) is 0 Å². The van der Waals surface area contributed by atoms with Crippen LogP contribution in [0.15, 0.2) is 18.2 Å². The van der Waals surface area contributed by atoms with Gasteiger partial charge < -0.3 is 0 Å². The number of rotatable bonds is 4. The van der Waals surface area contributed by atoms with Crippen molar-refractivity contribution in [1.29, 1.82) is 0 Å². The molecule has 0 aliphatic carbocycles. The Hall–Kier alpha value is -0.346. The summed E-state index contributed by atoms with van der Waals surface area (Å²) in [6.45, 7) is 17.1. The van der Waals surface area contributed by atoms with Crippen molar-refractivity contribution in [2.45, 2.75) is 58.3 Å². The molecule has 2 heteroatoms. The molecule has 0 aliphatic heterocycles. The highest BCUT2D eigenvalue weighted by molar-refractivity contribution is 6.76. The summed E-state index contributed by atoms with van der Waals surface area (Å²) >= 11 is 0. The molecule has 1 aromatic carbocycles. The molecule has 0 radical (unpaired) electrons. The summed E-state index contributed by atoms with van der Waals surface area (Å²) in [7, 11) is -2.00. The van der Waals surface area contributed by atoms with E-state index in [1.807, 2.05) is 0 Å². The minimum absolute atomic E-state index is 1.000. The van der Waals surface area contributed by atoms with Crippen molar-refractivity contribution in [1.82, 2.24) is 0 Å². The second kappa shape index (κ2) is 5.11. The Bertz CT molecular complexity index is 347. The fourth-order valence-electron chi connectivity index (χ4n) is 2.26. The molecule has 1 aromatic rings. The zero-order chi connectivity index (χ0) is 13.3. The quantitative estimate of drug-likeness (QED) is 0.683. The van der Waals surface area contributed by atoms with E-state index in [2.05, 4.69) is 64.4 Å². The summed E-state index contributed by atoms with van der Waals surface area (Å²) in [5, 5.41) is 0. The molecular formula is C15H28Si2. The maximum absolute atomic E-state index is 2.46. The van der Waals surface area contributed by atoms with Gasteiger partial charge in [0.15, 0.2) is 0 Å². The van der Waals surface area contributed by atoms with E-state index >= 15 is 0 Å². The summed E-state index contributed by atoms with van der Waals surface area (Å²) < 4.78 is 0. The molecular weight excluding hydrogens is 236 g/mol. The molecule has 17 heavy (non-hydrogen) atoms. The standard InChI is InChI=1S/C15H28Si2/c1-13-14(11-16(2,3)4)9-8-10-15(13)12-17(5,6)7/h8-10H,11-12H2,1-7H3. The zero-order valence-corrected chi connectivity index (χ0v) is 14.6. The lowest BCUT2D eigenvalue weighted by Crippen LogP contribution is -2.26. The largest absolute Gasteiger partial charge is 0.0693 e. The molecule has 0 fully saturated rings. The zero-order valence-electron chi connectivity index (χ0n) is 12.6. The van der Waals surface area contributed by atoms with E-state index in [1.54, 1.807) is 16.7 Å². The van der Waals surface area contributed by atoms with Gasteiger partial charge in [-0.1, -0.05) is 57.5 Å². The predicted molar refractivity (Wildman–Crippen MR) is 85.3 cm³/mol. The van der Waals surface area contributed by atoms with Gasteiger partial charge in [0.1, 0.15) is 0 Å². The maximum atomic E-state index is 2.46. The van der Waals surface area contributed by atoms with Crippen LogP contribution in [0, 0.1) is 6.92 Å². The van der Waals surface area contributed by atoms with Crippen LogP contribution in [-0.4, -0.2) is 16.1 Å². The smallest absolute Gasteiger partial charge is 0.0487 e. The minimum Gasteiger partial charge on any atom is -0.0693 e. The van der Waals surface area contributed by atoms with Gasteiger partial charge in [0.2, 0.25) is 0 Å². The van der Waals surface area contributed by atoms with Crippen LogP contribution in [0.2, 0.25) is 39.3 Å². The first-order chi connectivity index (χ1) is 7.58. The van der Waals surface area contributed by atoms with Crippen molar-refractivity contribution in [3.05, 3.63) is 34.9 Å². The van der Waals surface area contributed by atoms with Crippen LogP contribution in [0.25, 0.3) is 0 Å². The van der Waals surface area contributed by atoms with Gasteiger partial charge in [-0.05, 0) is 35.7 Å². The van der Waals surface area contributed by atoms with Crippen molar-refractivity contribution >= 4 is 16.1 Å². The Balaban J connectivity index is 3.00. The second-order valence-electron chi connectivity index (χ2n) is 7.68. The van der Waals surface area contributed by atoms with Gasteiger partial charge in [-0.2, -0.15) is 0 Å². The molecule has 0 saturated carbocycles.